The Balaban J connectivity index is 1.65. The molecule has 0 saturated carbocycles. The van der Waals surface area contributed by atoms with Crippen LogP contribution in [-0.4, -0.2) is 10.9 Å². The van der Waals surface area contributed by atoms with E-state index in [-0.39, 0.29) is 5.91 Å². The van der Waals surface area contributed by atoms with E-state index in [0.717, 1.165) is 17.2 Å². The first-order valence-corrected chi connectivity index (χ1v) is 7.86. The van der Waals surface area contributed by atoms with E-state index in [2.05, 4.69) is 10.3 Å². The predicted octanol–water partition coefficient (Wildman–Crippen LogP) is 5.07. The van der Waals surface area contributed by atoms with Crippen molar-refractivity contribution in [1.29, 1.82) is 0 Å². The molecule has 0 spiro atoms. The van der Waals surface area contributed by atoms with Crippen molar-refractivity contribution in [1.82, 2.24) is 4.98 Å². The summed E-state index contributed by atoms with van der Waals surface area (Å²) in [5.74, 6) is -0.175. The summed E-state index contributed by atoms with van der Waals surface area (Å²) in [5.41, 5.74) is 2.28. The molecule has 0 bridgehead atoms. The summed E-state index contributed by atoms with van der Waals surface area (Å²) in [4.78, 5) is 14.4. The molecular weight excluding hydrogens is 329 g/mol. The summed E-state index contributed by atoms with van der Waals surface area (Å²) in [6.45, 7) is 2.00. The minimum atomic E-state index is -4.42. The van der Waals surface area contributed by atoms with Crippen LogP contribution < -0.4 is 5.32 Å². The largest absolute Gasteiger partial charge is 0.431 e. The number of anilines is 1. The Morgan fingerprint density at radius 2 is 1.80 bits per heavy atom. The molecule has 0 radical (unpaired) electrons. The number of hydrogen-bond acceptors (Lipinski definition) is 1. The molecule has 0 aliphatic carbocycles. The molecule has 0 aliphatic heterocycles. The van der Waals surface area contributed by atoms with Gasteiger partial charge in [0.1, 0.15) is 5.69 Å². The van der Waals surface area contributed by atoms with E-state index in [1.807, 2.05) is 31.2 Å². The number of aromatic amines is 1. The highest BCUT2D eigenvalue weighted by Gasteiger charge is 2.32. The maximum atomic E-state index is 12.7. The first-order chi connectivity index (χ1) is 11.8. The molecule has 3 rings (SSSR count). The molecule has 2 N–H and O–H groups in total. The van der Waals surface area contributed by atoms with E-state index in [0.29, 0.717) is 29.4 Å². The maximum absolute atomic E-state index is 12.7. The molecule has 0 unspecified atom stereocenters. The van der Waals surface area contributed by atoms with Crippen LogP contribution in [0.25, 0.3) is 10.9 Å². The van der Waals surface area contributed by atoms with Gasteiger partial charge in [-0.1, -0.05) is 29.8 Å². The van der Waals surface area contributed by atoms with Crippen molar-refractivity contribution in [3.8, 4) is 0 Å². The van der Waals surface area contributed by atoms with Crippen LogP contribution in [0.15, 0.2) is 48.5 Å². The lowest BCUT2D eigenvalue weighted by Gasteiger charge is -2.06. The molecule has 25 heavy (non-hydrogen) atoms. The van der Waals surface area contributed by atoms with Gasteiger partial charge in [-0.3, -0.25) is 4.79 Å². The fourth-order valence-electron chi connectivity index (χ4n) is 2.60. The van der Waals surface area contributed by atoms with E-state index in [1.54, 1.807) is 6.07 Å². The van der Waals surface area contributed by atoms with Crippen molar-refractivity contribution in [2.24, 2.45) is 0 Å². The van der Waals surface area contributed by atoms with Gasteiger partial charge in [0.05, 0.1) is 0 Å². The van der Waals surface area contributed by atoms with E-state index in [1.165, 1.54) is 12.1 Å². The molecular formula is C19H17F3N2O. The van der Waals surface area contributed by atoms with Crippen LogP contribution in [0.4, 0.5) is 18.9 Å². The van der Waals surface area contributed by atoms with Gasteiger partial charge < -0.3 is 10.3 Å². The van der Waals surface area contributed by atoms with Crippen molar-refractivity contribution < 1.29 is 18.0 Å². The molecule has 0 saturated heterocycles. The number of benzene rings is 2. The Labute approximate surface area is 142 Å². The SMILES string of the molecule is Cc1ccc(CCC(=O)Nc2ccc3[nH]c(C(F)(F)F)cc3c2)cc1. The molecule has 2 aromatic carbocycles. The monoisotopic (exact) mass is 346 g/mol. The molecule has 6 heteroatoms. The summed E-state index contributed by atoms with van der Waals surface area (Å²) >= 11 is 0. The van der Waals surface area contributed by atoms with Gasteiger partial charge in [0, 0.05) is 23.0 Å². The van der Waals surface area contributed by atoms with Crippen molar-refractivity contribution >= 4 is 22.5 Å². The highest BCUT2D eigenvalue weighted by Crippen LogP contribution is 2.31. The molecule has 3 nitrogen and oxygen atoms in total. The highest BCUT2D eigenvalue weighted by molar-refractivity contribution is 5.94. The second-order valence-electron chi connectivity index (χ2n) is 6.02. The van der Waals surface area contributed by atoms with Gasteiger partial charge >= 0.3 is 6.18 Å². The number of amides is 1. The number of aromatic nitrogens is 1. The zero-order chi connectivity index (χ0) is 18.0. The zero-order valence-corrected chi connectivity index (χ0v) is 13.6. The summed E-state index contributed by atoms with van der Waals surface area (Å²) in [6, 6.07) is 13.6. The second-order valence-corrected chi connectivity index (χ2v) is 6.02. The molecule has 1 amide bonds. The Bertz CT molecular complexity index is 895. The predicted molar refractivity (Wildman–Crippen MR) is 91.4 cm³/mol. The van der Waals surface area contributed by atoms with Crippen LogP contribution in [-0.2, 0) is 17.4 Å². The maximum Gasteiger partial charge on any atom is 0.431 e. The van der Waals surface area contributed by atoms with E-state index < -0.39 is 11.9 Å². The average molecular weight is 346 g/mol. The van der Waals surface area contributed by atoms with Gasteiger partial charge in [-0.25, -0.2) is 0 Å². The van der Waals surface area contributed by atoms with Gasteiger partial charge in [0.2, 0.25) is 5.91 Å². The number of carbonyl (C=O) groups is 1. The fourth-order valence-corrected chi connectivity index (χ4v) is 2.60. The normalized spacial score (nSPS) is 11.7. The van der Waals surface area contributed by atoms with Gasteiger partial charge in [-0.05, 0) is 43.2 Å². The number of halogens is 3. The summed E-state index contributed by atoms with van der Waals surface area (Å²) in [6.07, 6.45) is -3.50. The number of carbonyl (C=O) groups excluding carboxylic acids is 1. The molecule has 1 heterocycles. The quantitative estimate of drug-likeness (QED) is 0.681. The molecule has 0 atom stereocenters. The van der Waals surface area contributed by atoms with E-state index in [4.69, 9.17) is 0 Å². The first kappa shape index (κ1) is 17.1. The number of alkyl halides is 3. The number of rotatable bonds is 4. The van der Waals surface area contributed by atoms with Gasteiger partial charge in [0.25, 0.3) is 0 Å². The zero-order valence-electron chi connectivity index (χ0n) is 13.6. The molecule has 0 aliphatic rings. The molecule has 130 valence electrons. The van der Waals surface area contributed by atoms with Gasteiger partial charge in [-0.15, -0.1) is 0 Å². The van der Waals surface area contributed by atoms with E-state index >= 15 is 0 Å². The van der Waals surface area contributed by atoms with Crippen LogP contribution in [0.3, 0.4) is 0 Å². The van der Waals surface area contributed by atoms with Crippen LogP contribution in [0.5, 0.6) is 0 Å². The van der Waals surface area contributed by atoms with Crippen molar-refractivity contribution in [3.05, 3.63) is 65.4 Å². The number of H-pyrrole nitrogens is 1. The molecule has 3 aromatic rings. The topological polar surface area (TPSA) is 44.9 Å². The van der Waals surface area contributed by atoms with Crippen LogP contribution in [0.2, 0.25) is 0 Å². The first-order valence-electron chi connectivity index (χ1n) is 7.86. The number of aryl methyl sites for hydroxylation is 2. The Hall–Kier alpha value is -2.76. The lowest BCUT2D eigenvalue weighted by Crippen LogP contribution is -2.12. The van der Waals surface area contributed by atoms with Crippen LogP contribution >= 0.6 is 0 Å². The lowest BCUT2D eigenvalue weighted by molar-refractivity contribution is -0.140. The molecule has 1 aromatic heterocycles. The average Bonchev–Trinajstić information content (AvgIpc) is 2.98. The number of fused-ring (bicyclic) bond motifs is 1. The summed E-state index contributed by atoms with van der Waals surface area (Å²) in [7, 11) is 0. The summed E-state index contributed by atoms with van der Waals surface area (Å²) < 4.78 is 38.2. The van der Waals surface area contributed by atoms with Crippen molar-refractivity contribution in [3.63, 3.8) is 0 Å². The second kappa shape index (κ2) is 6.63. The summed E-state index contributed by atoms with van der Waals surface area (Å²) in [5, 5.41) is 3.14. The third-order valence-electron chi connectivity index (χ3n) is 3.97. The fraction of sp³-hybridized carbons (Fsp3) is 0.211. The lowest BCUT2D eigenvalue weighted by atomic mass is 10.1. The van der Waals surface area contributed by atoms with Crippen molar-refractivity contribution in [2.45, 2.75) is 25.9 Å². The Morgan fingerprint density at radius 1 is 1.08 bits per heavy atom. The highest BCUT2D eigenvalue weighted by atomic mass is 19.4. The molecule has 0 fully saturated rings. The third kappa shape index (κ3) is 4.21. The van der Waals surface area contributed by atoms with Crippen LogP contribution in [0.1, 0.15) is 23.2 Å². The van der Waals surface area contributed by atoms with Crippen LogP contribution in [0, 0.1) is 6.92 Å². The van der Waals surface area contributed by atoms with Gasteiger partial charge in [-0.2, -0.15) is 13.2 Å². The van der Waals surface area contributed by atoms with Crippen molar-refractivity contribution in [2.75, 3.05) is 5.32 Å². The number of nitrogens with one attached hydrogen (secondary N) is 2. The third-order valence-corrected chi connectivity index (χ3v) is 3.97. The minimum Gasteiger partial charge on any atom is -0.351 e. The smallest absolute Gasteiger partial charge is 0.351 e. The Morgan fingerprint density at radius 3 is 2.48 bits per heavy atom. The van der Waals surface area contributed by atoms with E-state index in [9.17, 15) is 18.0 Å². The Kier molecular flexibility index (Phi) is 4.53. The van der Waals surface area contributed by atoms with Gasteiger partial charge in [0.15, 0.2) is 0 Å². The minimum absolute atomic E-state index is 0.175. The standard InChI is InChI=1S/C19H17F3N2O/c1-12-2-4-13(5-3-12)6-9-18(25)23-15-7-8-16-14(10-15)11-17(24-16)19(20,21)22/h2-5,7-8,10-11,24H,6,9H2,1H3,(H,23,25). The number of hydrogen-bond donors (Lipinski definition) is 2.